The number of nitrogens with one attached hydrogen (secondary N) is 1. The van der Waals surface area contributed by atoms with E-state index in [-0.39, 0.29) is 11.9 Å². The highest BCUT2D eigenvalue weighted by atomic mass is 16.1. The van der Waals surface area contributed by atoms with Gasteiger partial charge in [0, 0.05) is 50.9 Å². The van der Waals surface area contributed by atoms with Gasteiger partial charge in [0.1, 0.15) is 5.82 Å². The largest absolute Gasteiger partial charge is 0.342 e. The summed E-state index contributed by atoms with van der Waals surface area (Å²) < 4.78 is 2.17. The Morgan fingerprint density at radius 3 is 2.29 bits per heavy atom. The number of fused-ring (bicyclic) bond motifs is 1. The number of pyridine rings is 1. The highest BCUT2D eigenvalue weighted by Gasteiger charge is 2.25. The lowest BCUT2D eigenvalue weighted by atomic mass is 9.90. The normalized spacial score (nSPS) is 14.8. The Hall–Kier alpha value is -3.84. The number of rotatable bonds is 7. The van der Waals surface area contributed by atoms with E-state index in [2.05, 4.69) is 90.6 Å². The molecule has 0 radical (unpaired) electrons. The summed E-state index contributed by atoms with van der Waals surface area (Å²) in [6.07, 6.45) is 4.05. The van der Waals surface area contributed by atoms with Crippen LogP contribution in [0, 0.1) is 0 Å². The lowest BCUT2D eigenvalue weighted by Gasteiger charge is -2.27. The fourth-order valence-electron chi connectivity index (χ4n) is 4.77. The van der Waals surface area contributed by atoms with Crippen molar-refractivity contribution >= 4 is 5.91 Å². The minimum absolute atomic E-state index is 0.160. The third-order valence-corrected chi connectivity index (χ3v) is 6.65. The molecule has 1 aliphatic rings. The van der Waals surface area contributed by atoms with Gasteiger partial charge >= 0.3 is 0 Å². The second-order valence-corrected chi connectivity index (χ2v) is 8.99. The molecule has 5 rings (SSSR count). The molecule has 0 spiro atoms. The van der Waals surface area contributed by atoms with Crippen molar-refractivity contribution in [3.63, 3.8) is 0 Å². The molecule has 0 saturated heterocycles. The standard InChI is InChI=1S/C28H30N6O/c1-21(30-28(35)24-13-8-15-29-19-24)27-32-31-26-14-16-33(17-18-34(26)27)20-25(22-9-4-2-5-10-22)23-11-6-3-7-12-23/h2-13,15,19,21,25H,14,16-18,20H2,1H3,(H,30,35)/t21-/m1/s1. The summed E-state index contributed by atoms with van der Waals surface area (Å²) in [6.45, 7) is 5.51. The summed E-state index contributed by atoms with van der Waals surface area (Å²) in [7, 11) is 0. The first-order valence-electron chi connectivity index (χ1n) is 12.1. The maximum Gasteiger partial charge on any atom is 0.253 e. The van der Waals surface area contributed by atoms with Crippen molar-refractivity contribution in [1.82, 2.24) is 30.0 Å². The summed E-state index contributed by atoms with van der Waals surface area (Å²) in [5, 5.41) is 11.9. The average molecular weight is 467 g/mol. The first kappa shape index (κ1) is 22.9. The maximum absolute atomic E-state index is 12.6. The Balaban J connectivity index is 1.29. The highest BCUT2D eigenvalue weighted by Crippen LogP contribution is 2.26. The van der Waals surface area contributed by atoms with Crippen LogP contribution in [0.25, 0.3) is 0 Å². The van der Waals surface area contributed by atoms with Gasteiger partial charge in [-0.05, 0) is 30.2 Å². The molecule has 7 nitrogen and oxygen atoms in total. The molecule has 1 amide bonds. The summed E-state index contributed by atoms with van der Waals surface area (Å²) >= 11 is 0. The Kier molecular flexibility index (Phi) is 6.95. The molecule has 7 heteroatoms. The lowest BCUT2D eigenvalue weighted by molar-refractivity contribution is 0.0937. The number of aromatic nitrogens is 4. The molecule has 1 atom stereocenters. The number of carbonyl (C=O) groups is 1. The van der Waals surface area contributed by atoms with Gasteiger partial charge in [0.05, 0.1) is 11.6 Å². The predicted molar refractivity (Wildman–Crippen MR) is 135 cm³/mol. The summed E-state index contributed by atoms with van der Waals surface area (Å²) in [4.78, 5) is 19.2. The van der Waals surface area contributed by atoms with E-state index in [0.29, 0.717) is 11.5 Å². The van der Waals surface area contributed by atoms with Crippen LogP contribution in [0.2, 0.25) is 0 Å². The van der Waals surface area contributed by atoms with Crippen LogP contribution in [-0.4, -0.2) is 50.2 Å². The van der Waals surface area contributed by atoms with Crippen LogP contribution in [0.4, 0.5) is 0 Å². The van der Waals surface area contributed by atoms with Gasteiger partial charge in [0.25, 0.3) is 5.91 Å². The SMILES string of the molecule is C[C@@H](NC(=O)c1cccnc1)c1nnc2n1CCN(CC(c1ccccc1)c1ccccc1)CC2. The fourth-order valence-corrected chi connectivity index (χ4v) is 4.77. The van der Waals surface area contributed by atoms with Gasteiger partial charge in [-0.25, -0.2) is 0 Å². The van der Waals surface area contributed by atoms with Crippen molar-refractivity contribution in [2.75, 3.05) is 19.6 Å². The van der Waals surface area contributed by atoms with Gasteiger partial charge < -0.3 is 14.8 Å². The van der Waals surface area contributed by atoms with Crippen LogP contribution < -0.4 is 5.32 Å². The molecule has 0 fully saturated rings. The zero-order chi connectivity index (χ0) is 24.0. The molecular weight excluding hydrogens is 436 g/mol. The molecule has 0 saturated carbocycles. The molecule has 3 heterocycles. The second-order valence-electron chi connectivity index (χ2n) is 8.99. The first-order chi connectivity index (χ1) is 17.2. The Morgan fingerprint density at radius 2 is 1.63 bits per heavy atom. The van der Waals surface area contributed by atoms with E-state index in [0.717, 1.165) is 44.2 Å². The third-order valence-electron chi connectivity index (χ3n) is 6.65. The van der Waals surface area contributed by atoms with Crippen molar-refractivity contribution in [2.45, 2.75) is 31.8 Å². The highest BCUT2D eigenvalue weighted by molar-refractivity contribution is 5.94. The van der Waals surface area contributed by atoms with E-state index < -0.39 is 0 Å². The molecule has 0 aliphatic carbocycles. The van der Waals surface area contributed by atoms with Gasteiger partial charge in [-0.15, -0.1) is 10.2 Å². The molecule has 4 aromatic rings. The molecule has 2 aromatic heterocycles. The van der Waals surface area contributed by atoms with Crippen molar-refractivity contribution in [3.05, 3.63) is 114 Å². The Bertz CT molecular complexity index is 1200. The third kappa shape index (κ3) is 5.30. The number of benzene rings is 2. The number of nitrogens with zero attached hydrogens (tertiary/aromatic N) is 5. The number of hydrogen-bond donors (Lipinski definition) is 1. The van der Waals surface area contributed by atoms with Crippen LogP contribution in [0.1, 0.15) is 52.0 Å². The van der Waals surface area contributed by atoms with E-state index in [1.165, 1.54) is 11.1 Å². The topological polar surface area (TPSA) is 75.9 Å². The monoisotopic (exact) mass is 466 g/mol. The lowest BCUT2D eigenvalue weighted by Crippen LogP contribution is -2.32. The number of carbonyl (C=O) groups excluding carboxylic acids is 1. The average Bonchev–Trinajstić information content (AvgIpc) is 3.22. The van der Waals surface area contributed by atoms with Crippen molar-refractivity contribution < 1.29 is 4.79 Å². The van der Waals surface area contributed by atoms with Crippen molar-refractivity contribution in [1.29, 1.82) is 0 Å². The minimum atomic E-state index is -0.253. The fraction of sp³-hybridized carbons (Fsp3) is 0.286. The maximum atomic E-state index is 12.6. The van der Waals surface area contributed by atoms with Gasteiger partial charge in [-0.2, -0.15) is 0 Å². The first-order valence-corrected chi connectivity index (χ1v) is 12.1. The van der Waals surface area contributed by atoms with Crippen LogP contribution in [0.15, 0.2) is 85.2 Å². The Labute approximate surface area is 205 Å². The zero-order valence-corrected chi connectivity index (χ0v) is 19.9. The predicted octanol–water partition coefficient (Wildman–Crippen LogP) is 3.85. The van der Waals surface area contributed by atoms with Crippen LogP contribution in [-0.2, 0) is 13.0 Å². The molecule has 1 N–H and O–H groups in total. The zero-order valence-electron chi connectivity index (χ0n) is 19.9. The molecule has 0 bridgehead atoms. The van der Waals surface area contributed by atoms with Gasteiger partial charge in [0.15, 0.2) is 5.82 Å². The molecule has 2 aromatic carbocycles. The van der Waals surface area contributed by atoms with Gasteiger partial charge in [-0.3, -0.25) is 9.78 Å². The summed E-state index contributed by atoms with van der Waals surface area (Å²) in [5.74, 6) is 1.91. The quantitative estimate of drug-likeness (QED) is 0.448. The summed E-state index contributed by atoms with van der Waals surface area (Å²) in [6, 6.07) is 24.7. The molecule has 178 valence electrons. The smallest absolute Gasteiger partial charge is 0.253 e. The summed E-state index contributed by atoms with van der Waals surface area (Å²) in [5.41, 5.74) is 3.19. The molecule has 1 aliphatic heterocycles. The van der Waals surface area contributed by atoms with Crippen LogP contribution in [0.5, 0.6) is 0 Å². The molecular formula is C28H30N6O. The van der Waals surface area contributed by atoms with E-state index in [1.54, 1.807) is 24.5 Å². The number of amides is 1. The van der Waals surface area contributed by atoms with Crippen molar-refractivity contribution in [2.24, 2.45) is 0 Å². The van der Waals surface area contributed by atoms with E-state index in [4.69, 9.17) is 0 Å². The van der Waals surface area contributed by atoms with E-state index in [9.17, 15) is 4.79 Å². The van der Waals surface area contributed by atoms with Crippen molar-refractivity contribution in [3.8, 4) is 0 Å². The second kappa shape index (κ2) is 10.6. The van der Waals surface area contributed by atoms with Crippen LogP contribution in [0.3, 0.4) is 0 Å². The Morgan fingerprint density at radius 1 is 0.914 bits per heavy atom. The molecule has 0 unspecified atom stereocenters. The minimum Gasteiger partial charge on any atom is -0.342 e. The van der Waals surface area contributed by atoms with Gasteiger partial charge in [0.2, 0.25) is 0 Å². The van der Waals surface area contributed by atoms with E-state index >= 15 is 0 Å². The number of hydrogen-bond acceptors (Lipinski definition) is 5. The van der Waals surface area contributed by atoms with Gasteiger partial charge in [-0.1, -0.05) is 60.7 Å². The molecule has 35 heavy (non-hydrogen) atoms. The van der Waals surface area contributed by atoms with E-state index in [1.807, 2.05) is 6.92 Å². The van der Waals surface area contributed by atoms with Crippen LogP contribution >= 0.6 is 0 Å².